The predicted octanol–water partition coefficient (Wildman–Crippen LogP) is 2.27. The highest BCUT2D eigenvalue weighted by atomic mass is 16.2. The van der Waals surface area contributed by atoms with Crippen LogP contribution in [0.5, 0.6) is 0 Å². The van der Waals surface area contributed by atoms with E-state index in [9.17, 15) is 9.59 Å². The Hall–Kier alpha value is -2.73. The van der Waals surface area contributed by atoms with Crippen LogP contribution in [0, 0.1) is 5.92 Å². The van der Waals surface area contributed by atoms with E-state index >= 15 is 0 Å². The SMILES string of the molecule is O=C(CNCC1CC1)Nc1cccc(NC(=O)c2ccncc2)c1. The van der Waals surface area contributed by atoms with E-state index in [0.29, 0.717) is 23.5 Å². The summed E-state index contributed by atoms with van der Waals surface area (Å²) in [6, 6.07) is 10.4. The summed E-state index contributed by atoms with van der Waals surface area (Å²) in [7, 11) is 0. The minimum atomic E-state index is -0.216. The first-order valence-corrected chi connectivity index (χ1v) is 8.03. The third-order valence-corrected chi connectivity index (χ3v) is 3.76. The van der Waals surface area contributed by atoms with Gasteiger partial charge in [-0.25, -0.2) is 0 Å². The number of carbonyl (C=O) groups is 2. The lowest BCUT2D eigenvalue weighted by Gasteiger charge is -2.09. The molecule has 124 valence electrons. The second-order valence-electron chi connectivity index (χ2n) is 5.89. The van der Waals surface area contributed by atoms with Crippen molar-refractivity contribution in [3.63, 3.8) is 0 Å². The number of nitrogens with zero attached hydrogens (tertiary/aromatic N) is 1. The number of aromatic nitrogens is 1. The topological polar surface area (TPSA) is 83.1 Å². The van der Waals surface area contributed by atoms with Crippen molar-refractivity contribution in [2.45, 2.75) is 12.8 Å². The molecular weight excluding hydrogens is 304 g/mol. The highest BCUT2D eigenvalue weighted by molar-refractivity contribution is 6.04. The minimum Gasteiger partial charge on any atom is -0.325 e. The molecule has 2 amide bonds. The van der Waals surface area contributed by atoms with E-state index in [0.717, 1.165) is 12.5 Å². The van der Waals surface area contributed by atoms with Crippen molar-refractivity contribution in [2.24, 2.45) is 5.92 Å². The zero-order valence-corrected chi connectivity index (χ0v) is 13.3. The average Bonchev–Trinajstić information content (AvgIpc) is 3.40. The summed E-state index contributed by atoms with van der Waals surface area (Å²) in [4.78, 5) is 27.9. The van der Waals surface area contributed by atoms with E-state index in [1.165, 1.54) is 12.8 Å². The Morgan fingerprint density at radius 1 is 1.04 bits per heavy atom. The molecule has 0 unspecified atom stereocenters. The van der Waals surface area contributed by atoms with Crippen LogP contribution in [0.1, 0.15) is 23.2 Å². The molecule has 0 aliphatic heterocycles. The third kappa shape index (κ3) is 4.89. The van der Waals surface area contributed by atoms with Crippen LogP contribution in [-0.2, 0) is 4.79 Å². The first-order chi connectivity index (χ1) is 11.7. The number of nitrogens with one attached hydrogen (secondary N) is 3. The molecule has 3 rings (SSSR count). The van der Waals surface area contributed by atoms with Gasteiger partial charge < -0.3 is 16.0 Å². The molecule has 0 atom stereocenters. The molecule has 1 aromatic heterocycles. The van der Waals surface area contributed by atoms with Gasteiger partial charge in [-0.1, -0.05) is 6.07 Å². The molecule has 24 heavy (non-hydrogen) atoms. The average molecular weight is 324 g/mol. The number of rotatable bonds is 7. The summed E-state index contributed by atoms with van der Waals surface area (Å²) in [6.07, 6.45) is 5.65. The molecule has 0 radical (unpaired) electrons. The molecule has 1 saturated carbocycles. The maximum atomic E-state index is 12.1. The summed E-state index contributed by atoms with van der Waals surface area (Å²) in [5, 5.41) is 8.78. The molecule has 6 nitrogen and oxygen atoms in total. The molecule has 1 aliphatic carbocycles. The second-order valence-corrected chi connectivity index (χ2v) is 5.89. The first-order valence-electron chi connectivity index (χ1n) is 8.03. The second kappa shape index (κ2) is 7.70. The number of benzene rings is 1. The van der Waals surface area contributed by atoms with Crippen molar-refractivity contribution >= 4 is 23.2 Å². The van der Waals surface area contributed by atoms with Crippen LogP contribution in [0.2, 0.25) is 0 Å². The molecule has 1 aromatic carbocycles. The number of anilines is 2. The lowest BCUT2D eigenvalue weighted by molar-refractivity contribution is -0.115. The summed E-state index contributed by atoms with van der Waals surface area (Å²) in [5.74, 6) is 0.435. The third-order valence-electron chi connectivity index (χ3n) is 3.76. The highest BCUT2D eigenvalue weighted by Crippen LogP contribution is 2.27. The quantitative estimate of drug-likeness (QED) is 0.729. The molecule has 1 fully saturated rings. The van der Waals surface area contributed by atoms with E-state index in [2.05, 4.69) is 20.9 Å². The Bertz CT molecular complexity index is 714. The van der Waals surface area contributed by atoms with Crippen LogP contribution in [0.3, 0.4) is 0 Å². The summed E-state index contributed by atoms with van der Waals surface area (Å²) < 4.78 is 0. The number of carbonyl (C=O) groups excluding carboxylic acids is 2. The Morgan fingerprint density at radius 3 is 2.46 bits per heavy atom. The van der Waals surface area contributed by atoms with Crippen LogP contribution in [0.25, 0.3) is 0 Å². The van der Waals surface area contributed by atoms with Crippen molar-refractivity contribution in [3.8, 4) is 0 Å². The normalized spacial score (nSPS) is 13.3. The van der Waals surface area contributed by atoms with Crippen molar-refractivity contribution in [2.75, 3.05) is 23.7 Å². The van der Waals surface area contributed by atoms with Gasteiger partial charge in [0.15, 0.2) is 0 Å². The van der Waals surface area contributed by atoms with Gasteiger partial charge in [0.25, 0.3) is 5.91 Å². The molecule has 0 bridgehead atoms. The fourth-order valence-corrected chi connectivity index (χ4v) is 2.30. The molecule has 2 aromatic rings. The van der Waals surface area contributed by atoms with Gasteiger partial charge in [-0.3, -0.25) is 14.6 Å². The van der Waals surface area contributed by atoms with E-state index in [4.69, 9.17) is 0 Å². The van der Waals surface area contributed by atoms with Gasteiger partial charge in [0, 0.05) is 29.3 Å². The molecular formula is C18H20N4O2. The number of amides is 2. The monoisotopic (exact) mass is 324 g/mol. The van der Waals surface area contributed by atoms with Crippen LogP contribution in [-0.4, -0.2) is 29.9 Å². The van der Waals surface area contributed by atoms with Crippen LogP contribution in [0.4, 0.5) is 11.4 Å². The standard InChI is InChI=1S/C18H20N4O2/c23-17(12-20-11-13-4-5-13)21-15-2-1-3-16(10-15)22-18(24)14-6-8-19-9-7-14/h1-3,6-10,13,20H,4-5,11-12H2,(H,21,23)(H,22,24). The Kier molecular flexibility index (Phi) is 5.18. The van der Waals surface area contributed by atoms with Gasteiger partial charge in [-0.15, -0.1) is 0 Å². The van der Waals surface area contributed by atoms with Gasteiger partial charge >= 0.3 is 0 Å². The van der Waals surface area contributed by atoms with Gasteiger partial charge in [-0.05, 0) is 55.6 Å². The van der Waals surface area contributed by atoms with Crippen molar-refractivity contribution < 1.29 is 9.59 Å². The van der Waals surface area contributed by atoms with E-state index in [1.807, 2.05) is 0 Å². The number of pyridine rings is 1. The minimum absolute atomic E-state index is 0.0896. The van der Waals surface area contributed by atoms with E-state index in [-0.39, 0.29) is 11.8 Å². The number of hydrogen-bond donors (Lipinski definition) is 3. The fourth-order valence-electron chi connectivity index (χ4n) is 2.30. The molecule has 1 heterocycles. The van der Waals surface area contributed by atoms with Crippen molar-refractivity contribution in [1.82, 2.24) is 10.3 Å². The van der Waals surface area contributed by atoms with E-state index in [1.54, 1.807) is 48.8 Å². The van der Waals surface area contributed by atoms with Crippen molar-refractivity contribution in [3.05, 3.63) is 54.4 Å². The molecule has 6 heteroatoms. The summed E-state index contributed by atoms with van der Waals surface area (Å²) in [6.45, 7) is 1.19. The Balaban J connectivity index is 1.53. The lowest BCUT2D eigenvalue weighted by atomic mass is 10.2. The zero-order valence-electron chi connectivity index (χ0n) is 13.3. The van der Waals surface area contributed by atoms with Gasteiger partial charge in [0.2, 0.25) is 5.91 Å². The maximum absolute atomic E-state index is 12.1. The largest absolute Gasteiger partial charge is 0.325 e. The summed E-state index contributed by atoms with van der Waals surface area (Å²) in [5.41, 5.74) is 1.81. The smallest absolute Gasteiger partial charge is 0.255 e. The summed E-state index contributed by atoms with van der Waals surface area (Å²) >= 11 is 0. The van der Waals surface area contributed by atoms with Crippen LogP contribution >= 0.6 is 0 Å². The Labute approximate surface area is 140 Å². The van der Waals surface area contributed by atoms with Crippen LogP contribution < -0.4 is 16.0 Å². The van der Waals surface area contributed by atoms with Gasteiger partial charge in [0.05, 0.1) is 6.54 Å². The maximum Gasteiger partial charge on any atom is 0.255 e. The molecule has 0 saturated heterocycles. The number of hydrogen-bond acceptors (Lipinski definition) is 4. The lowest BCUT2D eigenvalue weighted by Crippen LogP contribution is -2.29. The molecule has 3 N–H and O–H groups in total. The predicted molar refractivity (Wildman–Crippen MR) is 92.9 cm³/mol. The van der Waals surface area contributed by atoms with E-state index < -0.39 is 0 Å². The van der Waals surface area contributed by atoms with Crippen molar-refractivity contribution in [1.29, 1.82) is 0 Å². The fraction of sp³-hybridized carbons (Fsp3) is 0.278. The first kappa shape index (κ1) is 16.1. The van der Waals surface area contributed by atoms with Gasteiger partial charge in [0.1, 0.15) is 0 Å². The molecule has 1 aliphatic rings. The zero-order chi connectivity index (χ0) is 16.8. The van der Waals surface area contributed by atoms with Gasteiger partial charge in [-0.2, -0.15) is 0 Å². The highest BCUT2D eigenvalue weighted by Gasteiger charge is 2.20. The Morgan fingerprint density at radius 2 is 1.75 bits per heavy atom. The molecule has 0 spiro atoms. The van der Waals surface area contributed by atoms with Crippen LogP contribution in [0.15, 0.2) is 48.8 Å².